The predicted molar refractivity (Wildman–Crippen MR) is 58.7 cm³/mol. The lowest BCUT2D eigenvalue weighted by atomic mass is 10.1. The highest BCUT2D eigenvalue weighted by molar-refractivity contribution is 5.65. The molecule has 2 aromatic rings. The summed E-state index contributed by atoms with van der Waals surface area (Å²) in [5, 5.41) is 0. The second-order valence-corrected chi connectivity index (χ2v) is 3.11. The molecule has 0 unspecified atom stereocenters. The van der Waals surface area contributed by atoms with Crippen molar-refractivity contribution in [3.05, 3.63) is 42.7 Å². The van der Waals surface area contributed by atoms with E-state index in [4.69, 9.17) is 14.9 Å². The Bertz CT molecular complexity index is 409. The van der Waals surface area contributed by atoms with Crippen LogP contribution in [0.3, 0.4) is 0 Å². The van der Waals surface area contributed by atoms with Crippen molar-refractivity contribution in [3.63, 3.8) is 0 Å². The second-order valence-electron chi connectivity index (χ2n) is 3.11. The molecule has 78 valence electrons. The lowest BCUT2D eigenvalue weighted by Crippen LogP contribution is -2.10. The molecule has 0 aliphatic carbocycles. The van der Waals surface area contributed by atoms with Gasteiger partial charge in [-0.25, -0.2) is 0 Å². The molecular formula is C12H13NO2. The topological polar surface area (TPSA) is 48.4 Å². The van der Waals surface area contributed by atoms with Crippen molar-refractivity contribution in [2.45, 2.75) is 0 Å². The SMILES string of the molecule is NCCOc1ccccc1-c1ccco1. The van der Waals surface area contributed by atoms with Gasteiger partial charge in [-0.05, 0) is 24.3 Å². The fraction of sp³-hybridized carbons (Fsp3) is 0.167. The van der Waals surface area contributed by atoms with Gasteiger partial charge < -0.3 is 14.9 Å². The molecule has 0 aliphatic rings. The molecule has 1 heterocycles. The Hall–Kier alpha value is -1.74. The third-order valence-corrected chi connectivity index (χ3v) is 2.05. The van der Waals surface area contributed by atoms with Crippen molar-refractivity contribution in [2.75, 3.05) is 13.2 Å². The van der Waals surface area contributed by atoms with Gasteiger partial charge in [-0.2, -0.15) is 0 Å². The largest absolute Gasteiger partial charge is 0.492 e. The molecular weight excluding hydrogens is 190 g/mol. The van der Waals surface area contributed by atoms with E-state index in [-0.39, 0.29) is 0 Å². The van der Waals surface area contributed by atoms with Gasteiger partial charge in [0.05, 0.1) is 11.8 Å². The van der Waals surface area contributed by atoms with E-state index in [1.807, 2.05) is 36.4 Å². The average molecular weight is 203 g/mol. The maximum absolute atomic E-state index is 5.53. The number of ether oxygens (including phenoxy) is 1. The monoisotopic (exact) mass is 203 g/mol. The van der Waals surface area contributed by atoms with Gasteiger partial charge in [-0.1, -0.05) is 12.1 Å². The van der Waals surface area contributed by atoms with Crippen molar-refractivity contribution in [1.29, 1.82) is 0 Å². The van der Waals surface area contributed by atoms with Gasteiger partial charge in [0.1, 0.15) is 18.1 Å². The van der Waals surface area contributed by atoms with Gasteiger partial charge in [-0.15, -0.1) is 0 Å². The molecule has 3 heteroatoms. The molecule has 0 atom stereocenters. The van der Waals surface area contributed by atoms with E-state index in [2.05, 4.69) is 0 Å². The number of furan rings is 1. The number of nitrogens with two attached hydrogens (primary N) is 1. The van der Waals surface area contributed by atoms with Crippen LogP contribution in [0.25, 0.3) is 11.3 Å². The summed E-state index contributed by atoms with van der Waals surface area (Å²) in [7, 11) is 0. The predicted octanol–water partition coefficient (Wildman–Crippen LogP) is 2.28. The zero-order valence-corrected chi connectivity index (χ0v) is 8.35. The minimum Gasteiger partial charge on any atom is -0.492 e. The molecule has 1 aromatic carbocycles. The molecule has 0 saturated heterocycles. The van der Waals surface area contributed by atoms with E-state index >= 15 is 0 Å². The standard InChI is InChI=1S/C12H13NO2/c13-7-9-15-11-5-2-1-4-10(11)12-6-3-8-14-12/h1-6,8H,7,9,13H2. The molecule has 3 nitrogen and oxygen atoms in total. The Balaban J connectivity index is 2.30. The summed E-state index contributed by atoms with van der Waals surface area (Å²) in [6, 6.07) is 11.5. The summed E-state index contributed by atoms with van der Waals surface area (Å²) in [6.45, 7) is 1.02. The van der Waals surface area contributed by atoms with Crippen molar-refractivity contribution in [2.24, 2.45) is 5.73 Å². The van der Waals surface area contributed by atoms with Crippen LogP contribution in [0.5, 0.6) is 5.75 Å². The summed E-state index contributed by atoms with van der Waals surface area (Å²) in [5.41, 5.74) is 6.35. The molecule has 0 fully saturated rings. The summed E-state index contributed by atoms with van der Waals surface area (Å²) >= 11 is 0. The molecule has 0 radical (unpaired) electrons. The molecule has 15 heavy (non-hydrogen) atoms. The van der Waals surface area contributed by atoms with Crippen molar-refractivity contribution < 1.29 is 9.15 Å². The first-order chi connectivity index (χ1) is 7.42. The Morgan fingerprint density at radius 3 is 2.73 bits per heavy atom. The zero-order chi connectivity index (χ0) is 10.5. The molecule has 0 bridgehead atoms. The van der Waals surface area contributed by atoms with Crippen LogP contribution in [-0.2, 0) is 0 Å². The fourth-order valence-electron chi connectivity index (χ4n) is 1.40. The van der Waals surface area contributed by atoms with Crippen LogP contribution in [0.2, 0.25) is 0 Å². The van der Waals surface area contributed by atoms with Crippen molar-refractivity contribution in [1.82, 2.24) is 0 Å². The van der Waals surface area contributed by atoms with E-state index < -0.39 is 0 Å². The molecule has 2 rings (SSSR count). The fourth-order valence-corrected chi connectivity index (χ4v) is 1.40. The van der Waals surface area contributed by atoms with Crippen LogP contribution in [-0.4, -0.2) is 13.2 Å². The summed E-state index contributed by atoms with van der Waals surface area (Å²) in [5.74, 6) is 1.61. The number of hydrogen-bond donors (Lipinski definition) is 1. The van der Waals surface area contributed by atoms with Gasteiger partial charge in [0, 0.05) is 6.54 Å². The Labute approximate surface area is 88.5 Å². The van der Waals surface area contributed by atoms with Crippen molar-refractivity contribution in [3.8, 4) is 17.1 Å². The molecule has 0 amide bonds. The average Bonchev–Trinajstić information content (AvgIpc) is 2.80. The van der Waals surface area contributed by atoms with Gasteiger partial charge in [0.2, 0.25) is 0 Å². The molecule has 2 N–H and O–H groups in total. The Morgan fingerprint density at radius 1 is 1.13 bits per heavy atom. The minimum atomic E-state index is 0.506. The first kappa shape index (κ1) is 9.80. The van der Waals surface area contributed by atoms with Crippen LogP contribution in [0, 0.1) is 0 Å². The molecule has 0 aliphatic heterocycles. The highest BCUT2D eigenvalue weighted by Gasteiger charge is 2.06. The first-order valence-corrected chi connectivity index (χ1v) is 4.87. The summed E-state index contributed by atoms with van der Waals surface area (Å²) in [6.07, 6.45) is 1.65. The quantitative estimate of drug-likeness (QED) is 0.829. The van der Waals surface area contributed by atoms with Crippen molar-refractivity contribution >= 4 is 0 Å². The van der Waals surface area contributed by atoms with E-state index in [0.717, 1.165) is 17.1 Å². The van der Waals surface area contributed by atoms with E-state index in [0.29, 0.717) is 13.2 Å². The highest BCUT2D eigenvalue weighted by Crippen LogP contribution is 2.29. The Kier molecular flexibility index (Phi) is 3.05. The molecule has 1 aromatic heterocycles. The van der Waals surface area contributed by atoms with Crippen LogP contribution in [0.4, 0.5) is 0 Å². The summed E-state index contributed by atoms with van der Waals surface area (Å²) in [4.78, 5) is 0. The lowest BCUT2D eigenvalue weighted by molar-refractivity contribution is 0.329. The Morgan fingerprint density at radius 2 is 2.00 bits per heavy atom. The highest BCUT2D eigenvalue weighted by atomic mass is 16.5. The second kappa shape index (κ2) is 4.66. The third-order valence-electron chi connectivity index (χ3n) is 2.05. The molecule has 0 saturated carbocycles. The number of hydrogen-bond acceptors (Lipinski definition) is 3. The van der Waals surface area contributed by atoms with E-state index in [1.165, 1.54) is 0 Å². The van der Waals surface area contributed by atoms with E-state index in [9.17, 15) is 0 Å². The van der Waals surface area contributed by atoms with Crippen LogP contribution in [0.1, 0.15) is 0 Å². The maximum Gasteiger partial charge on any atom is 0.137 e. The minimum absolute atomic E-state index is 0.506. The maximum atomic E-state index is 5.53. The van der Waals surface area contributed by atoms with Crippen LogP contribution < -0.4 is 10.5 Å². The zero-order valence-electron chi connectivity index (χ0n) is 8.35. The van der Waals surface area contributed by atoms with Crippen LogP contribution in [0.15, 0.2) is 47.1 Å². The first-order valence-electron chi connectivity index (χ1n) is 4.87. The molecule has 0 spiro atoms. The van der Waals surface area contributed by atoms with E-state index in [1.54, 1.807) is 6.26 Å². The third kappa shape index (κ3) is 2.19. The number of para-hydroxylation sites is 1. The normalized spacial score (nSPS) is 10.2. The smallest absolute Gasteiger partial charge is 0.137 e. The van der Waals surface area contributed by atoms with Gasteiger partial charge in [0.15, 0.2) is 0 Å². The van der Waals surface area contributed by atoms with Gasteiger partial charge >= 0.3 is 0 Å². The van der Waals surface area contributed by atoms with Gasteiger partial charge in [-0.3, -0.25) is 0 Å². The summed E-state index contributed by atoms with van der Waals surface area (Å²) < 4.78 is 10.9. The number of rotatable bonds is 4. The lowest BCUT2D eigenvalue weighted by Gasteiger charge is -2.08. The number of benzene rings is 1. The van der Waals surface area contributed by atoms with Gasteiger partial charge in [0.25, 0.3) is 0 Å². The van der Waals surface area contributed by atoms with Crippen LogP contribution >= 0.6 is 0 Å².